The maximum absolute atomic E-state index is 11.1. The zero-order chi connectivity index (χ0) is 11.3. The van der Waals surface area contributed by atoms with E-state index in [4.69, 9.17) is 5.26 Å². The number of aromatic nitrogens is 1. The van der Waals surface area contributed by atoms with E-state index in [9.17, 15) is 8.42 Å². The van der Waals surface area contributed by atoms with Gasteiger partial charge in [0.1, 0.15) is 0 Å². The van der Waals surface area contributed by atoms with Crippen LogP contribution in [0.15, 0.2) is 18.2 Å². The van der Waals surface area contributed by atoms with Crippen molar-refractivity contribution in [1.29, 1.82) is 5.26 Å². The molecule has 1 aromatic heterocycles. The fourth-order valence-electron chi connectivity index (χ4n) is 1.02. The van der Waals surface area contributed by atoms with Crippen molar-refractivity contribution in [3.8, 4) is 6.07 Å². The molecule has 1 rings (SSSR count). The Balaban J connectivity index is 2.62. The highest BCUT2D eigenvalue weighted by atomic mass is 32.2. The van der Waals surface area contributed by atoms with Gasteiger partial charge < -0.3 is 0 Å². The number of hydrogen-bond acceptors (Lipinski definition) is 4. The van der Waals surface area contributed by atoms with Crippen molar-refractivity contribution in [3.05, 3.63) is 29.6 Å². The number of nitrogens with one attached hydrogen (secondary N) is 1. The quantitative estimate of drug-likeness (QED) is 0.800. The first-order valence-electron chi connectivity index (χ1n) is 4.30. The van der Waals surface area contributed by atoms with E-state index >= 15 is 0 Å². The minimum Gasteiger partial charge on any atom is -0.257 e. The third kappa shape index (κ3) is 4.06. The normalized spacial score (nSPS) is 10.9. The molecule has 1 N–H and O–H groups in total. The summed E-state index contributed by atoms with van der Waals surface area (Å²) < 4.78 is 24.5. The Hall–Kier alpha value is -1.45. The second kappa shape index (κ2) is 4.87. The van der Waals surface area contributed by atoms with E-state index in [1.807, 2.05) is 13.0 Å². The average molecular weight is 225 g/mol. The average Bonchev–Trinajstić information content (AvgIpc) is 2.15. The first-order valence-corrected chi connectivity index (χ1v) is 5.95. The van der Waals surface area contributed by atoms with Gasteiger partial charge in [0.2, 0.25) is 10.0 Å². The molecule has 0 atom stereocenters. The molecule has 0 fully saturated rings. The lowest BCUT2D eigenvalue weighted by atomic mass is 10.3. The molecule has 0 aromatic carbocycles. The zero-order valence-electron chi connectivity index (χ0n) is 8.27. The third-order valence-corrected chi connectivity index (χ3v) is 2.77. The number of pyridine rings is 1. The zero-order valence-corrected chi connectivity index (χ0v) is 9.08. The monoisotopic (exact) mass is 225 g/mol. The molecule has 0 aliphatic rings. The van der Waals surface area contributed by atoms with E-state index in [0.29, 0.717) is 5.69 Å². The van der Waals surface area contributed by atoms with Gasteiger partial charge in [-0.2, -0.15) is 5.26 Å². The Kier molecular flexibility index (Phi) is 3.77. The van der Waals surface area contributed by atoms with Crippen LogP contribution >= 0.6 is 0 Å². The molecule has 0 radical (unpaired) electrons. The maximum atomic E-state index is 11.1. The Bertz CT molecular complexity index is 476. The van der Waals surface area contributed by atoms with E-state index in [1.165, 1.54) is 0 Å². The Morgan fingerprint density at radius 2 is 2.27 bits per heavy atom. The Labute approximate surface area is 88.8 Å². The molecular weight excluding hydrogens is 214 g/mol. The molecule has 1 heterocycles. The number of aryl methyl sites for hydroxylation is 1. The molecule has 1 aromatic rings. The van der Waals surface area contributed by atoms with Gasteiger partial charge in [0.15, 0.2) is 5.75 Å². The van der Waals surface area contributed by atoms with Crippen LogP contribution in [0.25, 0.3) is 0 Å². The summed E-state index contributed by atoms with van der Waals surface area (Å²) in [5.74, 6) is -0.529. The second-order valence-corrected chi connectivity index (χ2v) is 4.82. The lowest BCUT2D eigenvalue weighted by molar-refractivity contribution is 0.584. The number of hydrogen-bond donors (Lipinski definition) is 1. The Morgan fingerprint density at radius 1 is 1.53 bits per heavy atom. The van der Waals surface area contributed by atoms with E-state index in [-0.39, 0.29) is 6.54 Å². The molecule has 0 aliphatic heterocycles. The van der Waals surface area contributed by atoms with E-state index in [1.54, 1.807) is 18.2 Å². The summed E-state index contributed by atoms with van der Waals surface area (Å²) in [6, 6.07) is 6.94. The summed E-state index contributed by atoms with van der Waals surface area (Å²) in [5, 5.41) is 8.26. The van der Waals surface area contributed by atoms with Crippen LogP contribution in [0.2, 0.25) is 0 Å². The molecule has 0 saturated heterocycles. The lowest BCUT2D eigenvalue weighted by Crippen LogP contribution is -2.25. The summed E-state index contributed by atoms with van der Waals surface area (Å²) in [5.41, 5.74) is 1.46. The Morgan fingerprint density at radius 3 is 2.87 bits per heavy atom. The standard InChI is InChI=1S/C9H11N3O2S/c1-8-3-2-4-9(12-8)7-11-15(13,14)6-5-10/h2-4,11H,6-7H2,1H3. The van der Waals surface area contributed by atoms with Crippen LogP contribution in [0.1, 0.15) is 11.4 Å². The topological polar surface area (TPSA) is 82.9 Å². The minimum absolute atomic E-state index is 0.117. The van der Waals surface area contributed by atoms with Crippen molar-refractivity contribution < 1.29 is 8.42 Å². The molecule has 0 unspecified atom stereocenters. The highest BCUT2D eigenvalue weighted by molar-refractivity contribution is 7.89. The number of nitriles is 1. The van der Waals surface area contributed by atoms with E-state index in [0.717, 1.165) is 5.69 Å². The van der Waals surface area contributed by atoms with Gasteiger partial charge in [0, 0.05) is 5.69 Å². The minimum atomic E-state index is -3.49. The van der Waals surface area contributed by atoms with E-state index < -0.39 is 15.8 Å². The highest BCUT2D eigenvalue weighted by Gasteiger charge is 2.08. The van der Waals surface area contributed by atoms with Gasteiger partial charge in [0.05, 0.1) is 18.3 Å². The smallest absolute Gasteiger partial charge is 0.225 e. The van der Waals surface area contributed by atoms with Gasteiger partial charge in [0.25, 0.3) is 0 Å². The van der Waals surface area contributed by atoms with Crippen molar-refractivity contribution in [2.45, 2.75) is 13.5 Å². The molecule has 5 nitrogen and oxygen atoms in total. The number of nitrogens with zero attached hydrogens (tertiary/aromatic N) is 2. The van der Waals surface area contributed by atoms with Crippen LogP contribution < -0.4 is 4.72 Å². The molecule has 15 heavy (non-hydrogen) atoms. The van der Waals surface area contributed by atoms with Crippen LogP contribution in [-0.2, 0) is 16.6 Å². The van der Waals surface area contributed by atoms with Crippen LogP contribution in [0.3, 0.4) is 0 Å². The molecule has 0 aliphatic carbocycles. The van der Waals surface area contributed by atoms with Crippen molar-refractivity contribution in [2.24, 2.45) is 0 Å². The second-order valence-electron chi connectivity index (χ2n) is 3.01. The summed E-state index contributed by atoms with van der Waals surface area (Å²) in [6.45, 7) is 1.94. The lowest BCUT2D eigenvalue weighted by Gasteiger charge is -2.03. The predicted octanol–water partition coefficient (Wildman–Crippen LogP) is 0.333. The van der Waals surface area contributed by atoms with Crippen LogP contribution in [-0.4, -0.2) is 19.2 Å². The van der Waals surface area contributed by atoms with Crippen LogP contribution in [0, 0.1) is 18.3 Å². The summed E-state index contributed by atoms with van der Waals surface area (Å²) in [4.78, 5) is 4.13. The van der Waals surface area contributed by atoms with Crippen molar-refractivity contribution >= 4 is 10.0 Å². The molecule has 80 valence electrons. The first-order chi connectivity index (χ1) is 7.03. The summed E-state index contributed by atoms with van der Waals surface area (Å²) in [7, 11) is -3.49. The molecular formula is C9H11N3O2S. The summed E-state index contributed by atoms with van der Waals surface area (Å²) in [6.07, 6.45) is 0. The first kappa shape index (κ1) is 11.6. The van der Waals surface area contributed by atoms with Gasteiger partial charge in [-0.3, -0.25) is 4.98 Å². The van der Waals surface area contributed by atoms with Crippen molar-refractivity contribution in [3.63, 3.8) is 0 Å². The fourth-order valence-corrected chi connectivity index (χ4v) is 1.66. The predicted molar refractivity (Wildman–Crippen MR) is 55.2 cm³/mol. The third-order valence-electron chi connectivity index (χ3n) is 1.67. The van der Waals surface area contributed by atoms with Gasteiger partial charge in [-0.15, -0.1) is 0 Å². The molecule has 0 amide bonds. The molecule has 0 spiro atoms. The molecule has 0 bridgehead atoms. The van der Waals surface area contributed by atoms with Gasteiger partial charge in [-0.05, 0) is 19.1 Å². The highest BCUT2D eigenvalue weighted by Crippen LogP contribution is 1.98. The largest absolute Gasteiger partial charge is 0.257 e. The van der Waals surface area contributed by atoms with Gasteiger partial charge in [-0.25, -0.2) is 13.1 Å². The molecule has 0 saturated carbocycles. The summed E-state index contributed by atoms with van der Waals surface area (Å²) >= 11 is 0. The fraction of sp³-hybridized carbons (Fsp3) is 0.333. The SMILES string of the molecule is Cc1cccc(CNS(=O)(=O)CC#N)n1. The van der Waals surface area contributed by atoms with E-state index in [2.05, 4.69) is 9.71 Å². The number of rotatable bonds is 4. The number of sulfonamides is 1. The van der Waals surface area contributed by atoms with Crippen LogP contribution in [0.5, 0.6) is 0 Å². The van der Waals surface area contributed by atoms with Crippen molar-refractivity contribution in [2.75, 3.05) is 5.75 Å². The van der Waals surface area contributed by atoms with Gasteiger partial charge in [-0.1, -0.05) is 6.07 Å². The van der Waals surface area contributed by atoms with Gasteiger partial charge >= 0.3 is 0 Å². The maximum Gasteiger partial charge on any atom is 0.225 e. The molecule has 6 heteroatoms. The van der Waals surface area contributed by atoms with Crippen molar-refractivity contribution in [1.82, 2.24) is 9.71 Å². The van der Waals surface area contributed by atoms with Crippen LogP contribution in [0.4, 0.5) is 0 Å².